The Morgan fingerprint density at radius 3 is 2.65 bits per heavy atom. The summed E-state index contributed by atoms with van der Waals surface area (Å²) in [5, 5.41) is 10.9. The number of ketones is 1. The largest absolute Gasteiger partial charge is 0.392 e. The molecule has 4 unspecified atom stereocenters. The van der Waals surface area contributed by atoms with Crippen molar-refractivity contribution in [3.8, 4) is 0 Å². The van der Waals surface area contributed by atoms with E-state index in [0.717, 1.165) is 12.8 Å². The lowest BCUT2D eigenvalue weighted by Crippen LogP contribution is -2.42. The van der Waals surface area contributed by atoms with Crippen molar-refractivity contribution in [3.05, 3.63) is 10.6 Å². The minimum Gasteiger partial charge on any atom is -0.392 e. The van der Waals surface area contributed by atoms with Gasteiger partial charge in [-0.2, -0.15) is 0 Å². The van der Waals surface area contributed by atoms with E-state index in [1.54, 1.807) is 5.57 Å². The number of aliphatic hydroxyl groups excluding tert-OH is 1. The van der Waals surface area contributed by atoms with E-state index in [2.05, 4.69) is 34.8 Å². The average molecular weight is 383 g/mol. The summed E-state index contributed by atoms with van der Waals surface area (Å²) in [5.41, 5.74) is 1.86. The SMILES string of the molecule is CC1CCC(C(O)[C@H](C)[C@H]2CCC3/C(=C/Br)CCC[C@@]32C)C1=O. The molecule has 3 fully saturated rings. The number of fused-ring (bicyclic) bond motifs is 1. The summed E-state index contributed by atoms with van der Waals surface area (Å²) in [6, 6.07) is 0. The van der Waals surface area contributed by atoms with Gasteiger partial charge in [0, 0.05) is 11.8 Å². The predicted molar refractivity (Wildman–Crippen MR) is 97.2 cm³/mol. The van der Waals surface area contributed by atoms with E-state index in [-0.39, 0.29) is 17.8 Å². The first-order valence-corrected chi connectivity index (χ1v) is 10.3. The van der Waals surface area contributed by atoms with Crippen LogP contribution in [0.25, 0.3) is 0 Å². The fourth-order valence-electron chi connectivity index (χ4n) is 6.10. The molecule has 7 atom stereocenters. The van der Waals surface area contributed by atoms with Gasteiger partial charge in [0.1, 0.15) is 5.78 Å². The Balaban J connectivity index is 1.77. The quantitative estimate of drug-likeness (QED) is 0.737. The molecule has 0 aromatic carbocycles. The fourth-order valence-corrected chi connectivity index (χ4v) is 6.65. The molecule has 0 bridgehead atoms. The van der Waals surface area contributed by atoms with E-state index < -0.39 is 6.10 Å². The Kier molecular flexibility index (Phi) is 5.09. The number of aliphatic hydroxyl groups is 1. The summed E-state index contributed by atoms with van der Waals surface area (Å²) in [6.45, 7) is 6.65. The van der Waals surface area contributed by atoms with Gasteiger partial charge in [0.25, 0.3) is 0 Å². The molecular formula is C20H31BrO2. The van der Waals surface area contributed by atoms with Crippen molar-refractivity contribution in [2.45, 2.75) is 71.8 Å². The summed E-state index contributed by atoms with van der Waals surface area (Å²) in [7, 11) is 0. The molecule has 3 aliphatic carbocycles. The van der Waals surface area contributed by atoms with E-state index >= 15 is 0 Å². The molecule has 3 heteroatoms. The van der Waals surface area contributed by atoms with E-state index in [4.69, 9.17) is 0 Å². The lowest BCUT2D eigenvalue weighted by molar-refractivity contribution is -0.128. The Hall–Kier alpha value is -0.150. The van der Waals surface area contributed by atoms with Gasteiger partial charge in [-0.15, -0.1) is 0 Å². The summed E-state index contributed by atoms with van der Waals surface area (Å²) in [5.74, 6) is 1.75. The second-order valence-electron chi connectivity index (χ2n) is 8.62. The van der Waals surface area contributed by atoms with E-state index in [1.807, 2.05) is 6.92 Å². The minimum absolute atomic E-state index is 0.113. The third kappa shape index (κ3) is 2.86. The maximum atomic E-state index is 12.4. The van der Waals surface area contributed by atoms with E-state index in [9.17, 15) is 9.90 Å². The number of hydrogen-bond donors (Lipinski definition) is 1. The highest BCUT2D eigenvalue weighted by molar-refractivity contribution is 9.11. The molecule has 0 aromatic rings. The lowest BCUT2D eigenvalue weighted by Gasteiger charge is -2.45. The maximum absolute atomic E-state index is 12.4. The van der Waals surface area contributed by atoms with Crippen molar-refractivity contribution in [1.29, 1.82) is 0 Å². The van der Waals surface area contributed by atoms with Gasteiger partial charge in [-0.05, 0) is 73.1 Å². The maximum Gasteiger partial charge on any atom is 0.141 e. The predicted octanol–water partition coefficient (Wildman–Crippen LogP) is 5.09. The van der Waals surface area contributed by atoms with Gasteiger partial charge in [0.15, 0.2) is 0 Å². The van der Waals surface area contributed by atoms with Crippen LogP contribution in [-0.4, -0.2) is 17.0 Å². The van der Waals surface area contributed by atoms with Gasteiger partial charge in [0.2, 0.25) is 0 Å². The number of carbonyl (C=O) groups excluding carboxylic acids is 1. The van der Waals surface area contributed by atoms with Crippen LogP contribution in [0.3, 0.4) is 0 Å². The first kappa shape index (κ1) is 17.7. The molecule has 0 aromatic heterocycles. The monoisotopic (exact) mass is 382 g/mol. The van der Waals surface area contributed by atoms with Gasteiger partial charge in [-0.25, -0.2) is 0 Å². The third-order valence-electron chi connectivity index (χ3n) is 7.53. The first-order chi connectivity index (χ1) is 10.9. The van der Waals surface area contributed by atoms with Crippen molar-refractivity contribution < 1.29 is 9.90 Å². The Labute approximate surface area is 149 Å². The smallest absolute Gasteiger partial charge is 0.141 e. The Morgan fingerprint density at radius 1 is 1.30 bits per heavy atom. The van der Waals surface area contributed by atoms with Gasteiger partial charge >= 0.3 is 0 Å². The number of Topliss-reactive ketones (excluding diaryl/α,β-unsaturated/α-hetero) is 1. The lowest BCUT2D eigenvalue weighted by atomic mass is 9.60. The highest BCUT2D eigenvalue weighted by Gasteiger charge is 2.53. The topological polar surface area (TPSA) is 37.3 Å². The Morgan fingerprint density at radius 2 is 2.04 bits per heavy atom. The van der Waals surface area contributed by atoms with Gasteiger partial charge < -0.3 is 5.11 Å². The molecule has 0 spiro atoms. The van der Waals surface area contributed by atoms with Crippen LogP contribution >= 0.6 is 15.9 Å². The molecular weight excluding hydrogens is 352 g/mol. The summed E-state index contributed by atoms with van der Waals surface area (Å²) in [6.07, 6.45) is 7.55. The molecule has 0 saturated heterocycles. The van der Waals surface area contributed by atoms with Crippen LogP contribution in [0.1, 0.15) is 65.7 Å². The standard InChI is InChI=1S/C20H31BrO2/c1-12-6-7-15(18(12)22)19(23)13(2)16-8-9-17-14(11-21)5-4-10-20(16,17)3/h11-13,15-17,19,23H,4-10H2,1-3H3/b14-11+/t12?,13-,15?,16-,17?,19?,20-/m1/s1. The van der Waals surface area contributed by atoms with Gasteiger partial charge in [-0.1, -0.05) is 42.3 Å². The second-order valence-corrected chi connectivity index (χ2v) is 9.07. The van der Waals surface area contributed by atoms with Crippen LogP contribution in [-0.2, 0) is 4.79 Å². The normalized spacial score (nSPS) is 45.3. The summed E-state index contributed by atoms with van der Waals surface area (Å²) in [4.78, 5) is 14.5. The van der Waals surface area contributed by atoms with Crippen molar-refractivity contribution in [2.75, 3.05) is 0 Å². The van der Waals surface area contributed by atoms with Crippen molar-refractivity contribution in [3.63, 3.8) is 0 Å². The Bertz CT molecular complexity index is 500. The third-order valence-corrected chi connectivity index (χ3v) is 8.11. The van der Waals surface area contributed by atoms with Crippen molar-refractivity contribution >= 4 is 21.7 Å². The highest BCUT2D eigenvalue weighted by atomic mass is 79.9. The summed E-state index contributed by atoms with van der Waals surface area (Å²) < 4.78 is 0. The molecule has 3 aliphatic rings. The zero-order chi connectivity index (χ0) is 16.8. The molecule has 0 radical (unpaired) electrons. The van der Waals surface area contributed by atoms with Crippen LogP contribution in [0, 0.1) is 35.0 Å². The molecule has 2 nitrogen and oxygen atoms in total. The molecule has 0 amide bonds. The van der Waals surface area contributed by atoms with Crippen LogP contribution in [0.5, 0.6) is 0 Å². The number of carbonyl (C=O) groups is 1. The van der Waals surface area contributed by atoms with Crippen LogP contribution in [0.2, 0.25) is 0 Å². The average Bonchev–Trinajstić information content (AvgIpc) is 3.06. The van der Waals surface area contributed by atoms with Crippen LogP contribution in [0.4, 0.5) is 0 Å². The number of allylic oxidation sites excluding steroid dienone is 1. The van der Waals surface area contributed by atoms with Crippen LogP contribution in [0.15, 0.2) is 10.6 Å². The minimum atomic E-state index is -0.452. The number of halogens is 1. The molecule has 23 heavy (non-hydrogen) atoms. The molecule has 0 heterocycles. The second kappa shape index (κ2) is 6.63. The molecule has 130 valence electrons. The summed E-state index contributed by atoms with van der Waals surface area (Å²) >= 11 is 3.57. The molecule has 1 N–H and O–H groups in total. The van der Waals surface area contributed by atoms with Crippen molar-refractivity contribution in [2.24, 2.45) is 35.0 Å². The number of rotatable bonds is 3. The molecule has 3 rings (SSSR count). The zero-order valence-corrected chi connectivity index (χ0v) is 16.3. The zero-order valence-electron chi connectivity index (χ0n) is 14.7. The van der Waals surface area contributed by atoms with Gasteiger partial charge in [-0.3, -0.25) is 4.79 Å². The number of hydrogen-bond acceptors (Lipinski definition) is 2. The van der Waals surface area contributed by atoms with E-state index in [0.29, 0.717) is 23.0 Å². The van der Waals surface area contributed by atoms with E-state index in [1.165, 1.54) is 32.1 Å². The van der Waals surface area contributed by atoms with Gasteiger partial charge in [0.05, 0.1) is 6.10 Å². The highest BCUT2D eigenvalue weighted by Crippen LogP contribution is 2.60. The fraction of sp³-hybridized carbons (Fsp3) is 0.850. The molecule has 0 aliphatic heterocycles. The molecule has 3 saturated carbocycles. The van der Waals surface area contributed by atoms with Crippen LogP contribution < -0.4 is 0 Å². The van der Waals surface area contributed by atoms with Crippen molar-refractivity contribution in [1.82, 2.24) is 0 Å². The first-order valence-electron chi connectivity index (χ1n) is 9.41.